The van der Waals surface area contributed by atoms with Crippen LogP contribution in [0.4, 0.5) is 5.69 Å². The topological polar surface area (TPSA) is 48.1 Å². The van der Waals surface area contributed by atoms with Gasteiger partial charge in [0.15, 0.2) is 0 Å². The Morgan fingerprint density at radius 1 is 1.44 bits per heavy atom. The van der Waals surface area contributed by atoms with Gasteiger partial charge in [0.25, 0.3) is 0 Å². The summed E-state index contributed by atoms with van der Waals surface area (Å²) in [5.41, 5.74) is 8.43. The number of hydrogen-bond acceptors (Lipinski definition) is 3. The molecule has 3 nitrogen and oxygen atoms in total. The van der Waals surface area contributed by atoms with E-state index in [9.17, 15) is 0 Å². The predicted molar refractivity (Wildman–Crippen MR) is 66.8 cm³/mol. The molecule has 2 rings (SSSR count). The molecule has 0 atom stereocenters. The third-order valence-electron chi connectivity index (χ3n) is 2.42. The summed E-state index contributed by atoms with van der Waals surface area (Å²) in [5.74, 6) is 0.660. The number of benzene rings is 1. The third kappa shape index (κ3) is 1.84. The molecule has 0 fully saturated rings. The van der Waals surface area contributed by atoms with E-state index in [1.54, 1.807) is 12.3 Å². The first-order chi connectivity index (χ1) is 7.72. The largest absolute Gasteiger partial charge is 0.494 e. The van der Waals surface area contributed by atoms with Crippen molar-refractivity contribution in [2.24, 2.45) is 0 Å². The quantitative estimate of drug-likeness (QED) is 0.799. The van der Waals surface area contributed by atoms with Crippen LogP contribution < -0.4 is 5.73 Å². The van der Waals surface area contributed by atoms with Crippen molar-refractivity contribution in [3.8, 4) is 0 Å². The molecule has 1 aromatic carbocycles. The molecule has 0 saturated heterocycles. The average Bonchev–Trinajstić information content (AvgIpc) is 2.29. The number of anilines is 1. The monoisotopic (exact) mass is 214 g/mol. The smallest absolute Gasteiger partial charge is 0.119 e. The molecular formula is C13H14N2O. The van der Waals surface area contributed by atoms with Gasteiger partial charge in [0, 0.05) is 22.8 Å². The summed E-state index contributed by atoms with van der Waals surface area (Å²) < 4.78 is 5.36. The highest BCUT2D eigenvalue weighted by Crippen LogP contribution is 2.23. The Labute approximate surface area is 94.6 Å². The highest BCUT2D eigenvalue weighted by molar-refractivity contribution is 5.91. The van der Waals surface area contributed by atoms with Crippen molar-refractivity contribution in [3.63, 3.8) is 0 Å². The van der Waals surface area contributed by atoms with Gasteiger partial charge in [0.2, 0.25) is 0 Å². The van der Waals surface area contributed by atoms with Crippen molar-refractivity contribution in [1.29, 1.82) is 0 Å². The normalized spacial score (nSPS) is 10.3. The molecule has 3 heteroatoms. The number of nitrogens with two attached hydrogens (primary N) is 1. The molecule has 2 aromatic rings. The molecule has 1 aromatic heterocycles. The van der Waals surface area contributed by atoms with Crippen molar-refractivity contribution in [2.75, 3.05) is 12.3 Å². The zero-order valence-corrected chi connectivity index (χ0v) is 9.23. The highest BCUT2D eigenvalue weighted by atomic mass is 16.5. The van der Waals surface area contributed by atoms with Crippen LogP contribution in [0, 0.1) is 0 Å². The molecule has 0 saturated carbocycles. The molecule has 0 bridgehead atoms. The van der Waals surface area contributed by atoms with E-state index in [4.69, 9.17) is 10.5 Å². The number of rotatable bonds is 3. The molecule has 0 aliphatic rings. The molecule has 0 radical (unpaired) electrons. The second kappa shape index (κ2) is 4.23. The third-order valence-corrected chi connectivity index (χ3v) is 2.42. The van der Waals surface area contributed by atoms with E-state index in [0.29, 0.717) is 12.4 Å². The molecule has 2 N–H and O–H groups in total. The Balaban J connectivity index is 2.51. The number of fused-ring (bicyclic) bond motifs is 1. The van der Waals surface area contributed by atoms with Crippen molar-refractivity contribution < 1.29 is 4.74 Å². The zero-order chi connectivity index (χ0) is 11.5. The van der Waals surface area contributed by atoms with Gasteiger partial charge in [0.05, 0.1) is 12.1 Å². The van der Waals surface area contributed by atoms with Crippen LogP contribution in [-0.2, 0) is 4.74 Å². The number of aromatic nitrogens is 1. The summed E-state index contributed by atoms with van der Waals surface area (Å²) >= 11 is 0. The zero-order valence-electron chi connectivity index (χ0n) is 9.23. The van der Waals surface area contributed by atoms with Crippen LogP contribution in [0.25, 0.3) is 16.7 Å². The lowest BCUT2D eigenvalue weighted by Crippen LogP contribution is -1.93. The van der Waals surface area contributed by atoms with E-state index < -0.39 is 0 Å². The average molecular weight is 214 g/mol. The van der Waals surface area contributed by atoms with Gasteiger partial charge in [-0.05, 0) is 31.2 Å². The fourth-order valence-electron chi connectivity index (χ4n) is 1.60. The lowest BCUT2D eigenvalue weighted by Gasteiger charge is -2.08. The Morgan fingerprint density at radius 3 is 3.00 bits per heavy atom. The second-order valence-electron chi connectivity index (χ2n) is 3.49. The molecule has 0 unspecified atom stereocenters. The Morgan fingerprint density at radius 2 is 2.25 bits per heavy atom. The Hall–Kier alpha value is -2.03. The first kappa shape index (κ1) is 10.5. The number of pyridine rings is 1. The van der Waals surface area contributed by atoms with E-state index in [-0.39, 0.29) is 0 Å². The van der Waals surface area contributed by atoms with E-state index in [2.05, 4.69) is 11.6 Å². The van der Waals surface area contributed by atoms with Crippen LogP contribution in [0.1, 0.15) is 12.5 Å². The first-order valence-corrected chi connectivity index (χ1v) is 5.18. The van der Waals surface area contributed by atoms with Gasteiger partial charge in [-0.25, -0.2) is 0 Å². The van der Waals surface area contributed by atoms with Crippen molar-refractivity contribution in [2.45, 2.75) is 6.92 Å². The maximum absolute atomic E-state index is 5.89. The van der Waals surface area contributed by atoms with Gasteiger partial charge < -0.3 is 10.5 Å². The number of nitrogens with zero attached hydrogens (tertiary/aromatic N) is 1. The standard InChI is InChI=1S/C13H14N2O/c1-3-16-9(2)10-4-5-13-11(8-10)12(14)6-7-15-13/h4-8H,2-3H2,1H3,(H2,14,15). The van der Waals surface area contributed by atoms with Crippen molar-refractivity contribution in [3.05, 3.63) is 42.6 Å². The molecular weight excluding hydrogens is 200 g/mol. The van der Waals surface area contributed by atoms with Crippen LogP contribution in [0.2, 0.25) is 0 Å². The molecule has 0 amide bonds. The summed E-state index contributed by atoms with van der Waals surface area (Å²) in [7, 11) is 0. The fourth-order valence-corrected chi connectivity index (χ4v) is 1.60. The number of ether oxygens (including phenoxy) is 1. The predicted octanol–water partition coefficient (Wildman–Crippen LogP) is 2.82. The van der Waals surface area contributed by atoms with Gasteiger partial charge in [-0.2, -0.15) is 0 Å². The SMILES string of the molecule is C=C(OCC)c1ccc2nccc(N)c2c1. The van der Waals surface area contributed by atoms with Gasteiger partial charge in [0.1, 0.15) is 5.76 Å². The molecule has 0 spiro atoms. The molecule has 1 heterocycles. The van der Waals surface area contributed by atoms with Gasteiger partial charge >= 0.3 is 0 Å². The molecule has 0 aliphatic carbocycles. The summed E-state index contributed by atoms with van der Waals surface area (Å²) in [6.45, 7) is 6.41. The van der Waals surface area contributed by atoms with Gasteiger partial charge in [-0.15, -0.1) is 0 Å². The molecule has 16 heavy (non-hydrogen) atoms. The summed E-state index contributed by atoms with van der Waals surface area (Å²) in [6.07, 6.45) is 1.70. The molecule has 0 aliphatic heterocycles. The first-order valence-electron chi connectivity index (χ1n) is 5.18. The van der Waals surface area contributed by atoms with E-state index in [0.717, 1.165) is 22.2 Å². The minimum absolute atomic E-state index is 0.611. The van der Waals surface area contributed by atoms with Crippen LogP contribution >= 0.6 is 0 Å². The maximum Gasteiger partial charge on any atom is 0.119 e. The van der Waals surface area contributed by atoms with E-state index in [1.807, 2.05) is 25.1 Å². The van der Waals surface area contributed by atoms with Crippen LogP contribution in [-0.4, -0.2) is 11.6 Å². The summed E-state index contributed by atoms with van der Waals surface area (Å²) in [5, 5.41) is 0.931. The Bertz CT molecular complexity index is 534. The summed E-state index contributed by atoms with van der Waals surface area (Å²) in [6, 6.07) is 7.60. The van der Waals surface area contributed by atoms with E-state index >= 15 is 0 Å². The van der Waals surface area contributed by atoms with Crippen LogP contribution in [0.3, 0.4) is 0 Å². The maximum atomic E-state index is 5.89. The van der Waals surface area contributed by atoms with Gasteiger partial charge in [-0.3, -0.25) is 4.98 Å². The van der Waals surface area contributed by atoms with E-state index in [1.165, 1.54) is 0 Å². The minimum atomic E-state index is 0.611. The lowest BCUT2D eigenvalue weighted by atomic mass is 10.1. The second-order valence-corrected chi connectivity index (χ2v) is 3.49. The lowest BCUT2D eigenvalue weighted by molar-refractivity contribution is 0.299. The van der Waals surface area contributed by atoms with Crippen molar-refractivity contribution >= 4 is 22.3 Å². The number of hydrogen-bond donors (Lipinski definition) is 1. The van der Waals surface area contributed by atoms with Crippen LogP contribution in [0.5, 0.6) is 0 Å². The highest BCUT2D eigenvalue weighted by Gasteiger charge is 2.03. The molecule has 82 valence electrons. The fraction of sp³-hybridized carbons (Fsp3) is 0.154. The van der Waals surface area contributed by atoms with Gasteiger partial charge in [-0.1, -0.05) is 6.58 Å². The summed E-state index contributed by atoms with van der Waals surface area (Å²) in [4.78, 5) is 4.24. The number of nitrogen functional groups attached to an aromatic ring is 1. The minimum Gasteiger partial charge on any atom is -0.494 e. The van der Waals surface area contributed by atoms with Crippen molar-refractivity contribution in [1.82, 2.24) is 4.98 Å². The van der Waals surface area contributed by atoms with Crippen LogP contribution in [0.15, 0.2) is 37.0 Å². The Kier molecular flexibility index (Phi) is 2.77.